The Hall–Kier alpha value is 0.407. The van der Waals surface area contributed by atoms with Gasteiger partial charge in [0.25, 0.3) is 0 Å². The number of hydrogen-bond donors (Lipinski definition) is 2. The third-order valence-corrected chi connectivity index (χ3v) is 6.16. The van der Waals surface area contributed by atoms with Gasteiger partial charge in [0.1, 0.15) is 0 Å². The molecule has 0 heterocycles. The first-order valence-electron chi connectivity index (χ1n) is 5.65. The van der Waals surface area contributed by atoms with Crippen molar-refractivity contribution in [3.63, 3.8) is 0 Å². The first-order chi connectivity index (χ1) is 7.56. The molecule has 0 saturated carbocycles. The second-order valence-corrected chi connectivity index (χ2v) is 7.75. The normalized spacial score (nSPS) is 16.1. The summed E-state index contributed by atoms with van der Waals surface area (Å²) in [5, 5.41) is 0.397. The second-order valence-electron chi connectivity index (χ2n) is 3.84. The summed E-state index contributed by atoms with van der Waals surface area (Å²) in [6, 6.07) is 0. The Morgan fingerprint density at radius 1 is 1.06 bits per heavy atom. The SMILES string of the molecule is CCCC(S)CCC(N)[Si](OC)(OC)OC. The monoisotopic (exact) mass is 267 g/mol. The zero-order valence-corrected chi connectivity index (χ0v) is 12.6. The van der Waals surface area contributed by atoms with Crippen LogP contribution >= 0.6 is 12.6 Å². The summed E-state index contributed by atoms with van der Waals surface area (Å²) < 4.78 is 16.0. The van der Waals surface area contributed by atoms with Crippen molar-refractivity contribution in [2.24, 2.45) is 5.73 Å². The van der Waals surface area contributed by atoms with E-state index in [1.165, 1.54) is 0 Å². The van der Waals surface area contributed by atoms with Crippen LogP contribution in [0, 0.1) is 0 Å². The molecular weight excluding hydrogens is 242 g/mol. The second kappa shape index (κ2) is 8.49. The van der Waals surface area contributed by atoms with Crippen LogP contribution in [0.1, 0.15) is 32.6 Å². The summed E-state index contributed by atoms with van der Waals surface area (Å²) in [6.07, 6.45) is 4.03. The number of thiol groups is 1. The van der Waals surface area contributed by atoms with Gasteiger partial charge in [0, 0.05) is 26.6 Å². The topological polar surface area (TPSA) is 53.7 Å². The van der Waals surface area contributed by atoms with E-state index in [0.717, 1.165) is 25.7 Å². The van der Waals surface area contributed by atoms with Crippen LogP contribution < -0.4 is 5.73 Å². The fourth-order valence-corrected chi connectivity index (χ4v) is 4.07. The number of rotatable bonds is 9. The third-order valence-electron chi connectivity index (χ3n) is 2.74. The fourth-order valence-electron chi connectivity index (χ4n) is 1.73. The highest BCUT2D eigenvalue weighted by atomic mass is 32.1. The van der Waals surface area contributed by atoms with Gasteiger partial charge >= 0.3 is 8.80 Å². The molecule has 2 unspecified atom stereocenters. The highest BCUT2D eigenvalue weighted by Gasteiger charge is 2.45. The molecule has 0 rings (SSSR count). The molecule has 0 amide bonds. The average molecular weight is 267 g/mol. The van der Waals surface area contributed by atoms with Gasteiger partial charge in [0.15, 0.2) is 0 Å². The van der Waals surface area contributed by atoms with Gasteiger partial charge in [0.2, 0.25) is 0 Å². The maximum atomic E-state index is 6.08. The number of nitrogens with two attached hydrogens (primary N) is 1. The molecule has 2 atom stereocenters. The first kappa shape index (κ1) is 16.4. The highest BCUT2D eigenvalue weighted by molar-refractivity contribution is 7.80. The van der Waals surface area contributed by atoms with E-state index in [0.29, 0.717) is 5.25 Å². The van der Waals surface area contributed by atoms with Crippen LogP contribution in [0.2, 0.25) is 0 Å². The van der Waals surface area contributed by atoms with Crippen LogP contribution in [0.15, 0.2) is 0 Å². The first-order valence-corrected chi connectivity index (χ1v) is 7.97. The van der Waals surface area contributed by atoms with Gasteiger partial charge in [-0.3, -0.25) is 0 Å². The van der Waals surface area contributed by atoms with E-state index in [9.17, 15) is 0 Å². The molecule has 0 aliphatic heterocycles. The van der Waals surface area contributed by atoms with Crippen LogP contribution in [0.5, 0.6) is 0 Å². The van der Waals surface area contributed by atoms with E-state index in [2.05, 4.69) is 19.6 Å². The predicted octanol–water partition coefficient (Wildman–Crippen LogP) is 1.61. The van der Waals surface area contributed by atoms with E-state index in [4.69, 9.17) is 19.0 Å². The Morgan fingerprint density at radius 2 is 1.56 bits per heavy atom. The molecule has 6 heteroatoms. The fraction of sp³-hybridized carbons (Fsp3) is 1.00. The molecule has 0 aromatic heterocycles. The van der Waals surface area contributed by atoms with Crippen molar-refractivity contribution in [3.8, 4) is 0 Å². The van der Waals surface area contributed by atoms with E-state index in [1.807, 2.05) is 0 Å². The lowest BCUT2D eigenvalue weighted by molar-refractivity contribution is 0.111. The molecular formula is C10H25NO3SSi. The summed E-state index contributed by atoms with van der Waals surface area (Å²) in [7, 11) is 2.09. The van der Waals surface area contributed by atoms with E-state index < -0.39 is 8.80 Å². The minimum absolute atomic E-state index is 0.181. The quantitative estimate of drug-likeness (QED) is 0.492. The molecule has 0 saturated heterocycles. The highest BCUT2D eigenvalue weighted by Crippen LogP contribution is 2.18. The van der Waals surface area contributed by atoms with E-state index >= 15 is 0 Å². The standard InChI is InChI=1S/C10H25NO3SSi/c1-5-6-9(15)7-8-10(11)16(12-2,13-3)14-4/h9-10,15H,5-8,11H2,1-4H3. The summed E-state index contributed by atoms with van der Waals surface area (Å²) in [5.41, 5.74) is 5.90. The van der Waals surface area contributed by atoms with Crippen molar-refractivity contribution < 1.29 is 13.3 Å². The molecule has 0 bridgehead atoms. The summed E-state index contributed by atoms with van der Waals surface area (Å²) in [6.45, 7) is 2.15. The molecule has 0 aromatic rings. The van der Waals surface area contributed by atoms with Crippen molar-refractivity contribution in [1.29, 1.82) is 0 Å². The minimum atomic E-state index is -2.67. The average Bonchev–Trinajstić information content (AvgIpc) is 2.30. The lowest BCUT2D eigenvalue weighted by atomic mass is 10.1. The number of hydrogen-bond acceptors (Lipinski definition) is 5. The van der Waals surface area contributed by atoms with Crippen LogP contribution in [0.4, 0.5) is 0 Å². The van der Waals surface area contributed by atoms with Crippen molar-refractivity contribution in [1.82, 2.24) is 0 Å². The van der Waals surface area contributed by atoms with E-state index in [1.54, 1.807) is 21.3 Å². The lowest BCUT2D eigenvalue weighted by Crippen LogP contribution is -2.58. The maximum absolute atomic E-state index is 6.08. The summed E-state index contributed by atoms with van der Waals surface area (Å²) >= 11 is 4.51. The van der Waals surface area contributed by atoms with Gasteiger partial charge in [-0.15, -0.1) is 0 Å². The summed E-state index contributed by atoms with van der Waals surface area (Å²) in [4.78, 5) is 0. The molecule has 0 aliphatic carbocycles. The molecule has 0 aromatic carbocycles. The Labute approximate surface area is 106 Å². The third kappa shape index (κ3) is 4.73. The summed E-state index contributed by atoms with van der Waals surface area (Å²) in [5.74, 6) is 0. The predicted molar refractivity (Wildman–Crippen MR) is 71.7 cm³/mol. The van der Waals surface area contributed by atoms with Gasteiger partial charge in [-0.1, -0.05) is 13.3 Å². The molecule has 0 spiro atoms. The largest absolute Gasteiger partial charge is 0.517 e. The zero-order valence-electron chi connectivity index (χ0n) is 10.7. The molecule has 2 N–H and O–H groups in total. The van der Waals surface area contributed by atoms with Gasteiger partial charge in [-0.05, 0) is 19.3 Å². The van der Waals surface area contributed by atoms with Crippen molar-refractivity contribution in [3.05, 3.63) is 0 Å². The molecule has 0 fully saturated rings. The Bertz CT molecular complexity index is 173. The van der Waals surface area contributed by atoms with Gasteiger partial charge in [-0.25, -0.2) is 0 Å². The Balaban J connectivity index is 4.15. The molecule has 0 radical (unpaired) electrons. The molecule has 0 aliphatic rings. The van der Waals surface area contributed by atoms with Gasteiger partial charge in [-0.2, -0.15) is 12.6 Å². The smallest absolute Gasteiger partial charge is 0.376 e. The Kier molecular flexibility index (Phi) is 8.71. The zero-order chi connectivity index (χ0) is 12.6. The molecule has 98 valence electrons. The van der Waals surface area contributed by atoms with Crippen molar-refractivity contribution in [2.75, 3.05) is 21.3 Å². The van der Waals surface area contributed by atoms with E-state index in [-0.39, 0.29) is 5.67 Å². The van der Waals surface area contributed by atoms with Gasteiger partial charge in [0.05, 0.1) is 5.67 Å². The van der Waals surface area contributed by atoms with Crippen molar-refractivity contribution in [2.45, 2.75) is 43.5 Å². The van der Waals surface area contributed by atoms with Crippen LogP contribution in [-0.2, 0) is 13.3 Å². The van der Waals surface area contributed by atoms with Crippen LogP contribution in [0.25, 0.3) is 0 Å². The minimum Gasteiger partial charge on any atom is -0.376 e. The Morgan fingerprint density at radius 3 is 1.94 bits per heavy atom. The van der Waals surface area contributed by atoms with Crippen LogP contribution in [-0.4, -0.2) is 41.0 Å². The maximum Gasteiger partial charge on any atom is 0.517 e. The van der Waals surface area contributed by atoms with Crippen LogP contribution in [0.3, 0.4) is 0 Å². The molecule has 4 nitrogen and oxygen atoms in total. The lowest BCUT2D eigenvalue weighted by Gasteiger charge is -2.30. The van der Waals surface area contributed by atoms with Crippen molar-refractivity contribution >= 4 is 21.4 Å². The molecule has 16 heavy (non-hydrogen) atoms. The van der Waals surface area contributed by atoms with Gasteiger partial charge < -0.3 is 19.0 Å².